The maximum Gasteiger partial charge on any atom is 0.149 e. The number of nitrogens with one attached hydrogen (secondary N) is 1. The first-order valence-electron chi connectivity index (χ1n) is 9.91. The van der Waals surface area contributed by atoms with Crippen LogP contribution in [0, 0.1) is 28.6 Å². The fraction of sp³-hybridized carbons (Fsp3) is 0.435. The molecule has 3 aliphatic carbocycles. The fourth-order valence-electron chi connectivity index (χ4n) is 4.93. The van der Waals surface area contributed by atoms with Crippen molar-refractivity contribution in [3.63, 3.8) is 0 Å². The number of fused-ring (bicyclic) bond motifs is 2. The highest BCUT2D eigenvalue weighted by Crippen LogP contribution is 2.44. The lowest BCUT2D eigenvalue weighted by Crippen LogP contribution is -2.24. The number of ether oxygens (including phenoxy) is 1. The average molecular weight is 374 g/mol. The first-order chi connectivity index (χ1) is 13.5. The molecule has 0 amide bonds. The van der Waals surface area contributed by atoms with Gasteiger partial charge < -0.3 is 15.9 Å². The Balaban J connectivity index is 1.67. The van der Waals surface area contributed by atoms with E-state index in [1.54, 1.807) is 0 Å². The van der Waals surface area contributed by atoms with Crippen molar-refractivity contribution in [2.45, 2.75) is 51.2 Å². The molecule has 2 bridgehead atoms. The average Bonchev–Trinajstić information content (AvgIpc) is 3.34. The van der Waals surface area contributed by atoms with Gasteiger partial charge in [0.2, 0.25) is 0 Å². The van der Waals surface area contributed by atoms with Crippen molar-refractivity contribution in [1.82, 2.24) is 0 Å². The zero-order valence-corrected chi connectivity index (χ0v) is 16.4. The number of nitrogens with two attached hydrogens (primary N) is 1. The lowest BCUT2D eigenvalue weighted by atomic mass is 9.84. The number of rotatable bonds is 3. The molecular formula is C23H26N4O. The van der Waals surface area contributed by atoms with Crippen molar-refractivity contribution < 1.29 is 4.74 Å². The van der Waals surface area contributed by atoms with E-state index in [9.17, 15) is 5.26 Å². The maximum absolute atomic E-state index is 9.35. The second-order valence-corrected chi connectivity index (χ2v) is 8.33. The maximum atomic E-state index is 9.35. The first kappa shape index (κ1) is 18.5. The van der Waals surface area contributed by atoms with Gasteiger partial charge in [0, 0.05) is 29.3 Å². The molecule has 144 valence electrons. The van der Waals surface area contributed by atoms with Gasteiger partial charge in [-0.1, -0.05) is 18.2 Å². The first-order valence-corrected chi connectivity index (χ1v) is 9.91. The monoisotopic (exact) mass is 374 g/mol. The van der Waals surface area contributed by atoms with Crippen molar-refractivity contribution >= 4 is 11.9 Å². The number of nitriles is 1. The summed E-state index contributed by atoms with van der Waals surface area (Å²) in [5, 5.41) is 17.3. The summed E-state index contributed by atoms with van der Waals surface area (Å²) in [6, 6.07) is 2.49. The molecule has 0 spiro atoms. The summed E-state index contributed by atoms with van der Waals surface area (Å²) in [6.45, 7) is 3.94. The van der Waals surface area contributed by atoms with Gasteiger partial charge in [-0.25, -0.2) is 0 Å². The standard InChI is InChI=1S/C23H26N4O/c1-23(2)20(19(13-26)22(28-23)17(11-24)12-25)14-7-9-18(10-8-14)27-21-15-3-4-16(21)6-5-15/h3-4,7,9,11,13,15-16,21,26H,5-6,8,10,24H2,1-2H3. The summed E-state index contributed by atoms with van der Waals surface area (Å²) < 4.78 is 6.06. The highest BCUT2D eigenvalue weighted by Gasteiger charge is 2.41. The van der Waals surface area contributed by atoms with E-state index in [0.29, 0.717) is 29.2 Å². The van der Waals surface area contributed by atoms with Crippen LogP contribution in [0.5, 0.6) is 0 Å². The molecule has 0 aromatic heterocycles. The Morgan fingerprint density at radius 2 is 2.00 bits per heavy atom. The molecule has 1 heterocycles. The Labute approximate surface area is 166 Å². The summed E-state index contributed by atoms with van der Waals surface area (Å²) in [4.78, 5) is 5.05. The predicted molar refractivity (Wildman–Crippen MR) is 111 cm³/mol. The molecule has 0 saturated heterocycles. The molecule has 0 radical (unpaired) electrons. The van der Waals surface area contributed by atoms with Gasteiger partial charge in [-0.05, 0) is 63.0 Å². The normalized spacial score (nSPS) is 34.8. The third-order valence-corrected chi connectivity index (χ3v) is 6.23. The Hall–Kier alpha value is -2.87. The highest BCUT2D eigenvalue weighted by molar-refractivity contribution is 5.97. The molecule has 5 heteroatoms. The topological polar surface area (TPSA) is 95.2 Å². The third-order valence-electron chi connectivity index (χ3n) is 6.23. The predicted octanol–water partition coefficient (Wildman–Crippen LogP) is 4.12. The smallest absolute Gasteiger partial charge is 0.149 e. The van der Waals surface area contributed by atoms with Gasteiger partial charge in [-0.3, -0.25) is 4.99 Å². The zero-order chi connectivity index (χ0) is 19.9. The van der Waals surface area contributed by atoms with Gasteiger partial charge >= 0.3 is 0 Å². The van der Waals surface area contributed by atoms with E-state index in [-0.39, 0.29) is 5.57 Å². The van der Waals surface area contributed by atoms with Crippen molar-refractivity contribution in [3.05, 3.63) is 58.6 Å². The van der Waals surface area contributed by atoms with Crippen LogP contribution in [-0.4, -0.2) is 23.6 Å². The molecule has 4 rings (SSSR count). The van der Waals surface area contributed by atoms with E-state index in [2.05, 4.69) is 30.4 Å². The van der Waals surface area contributed by atoms with Gasteiger partial charge in [0.15, 0.2) is 0 Å². The molecule has 0 aromatic rings. The number of allylic oxidation sites excluding steroid dienone is 4. The quantitative estimate of drug-likeness (QED) is 0.442. The summed E-state index contributed by atoms with van der Waals surface area (Å²) in [7, 11) is 0. The van der Waals surface area contributed by atoms with Crippen molar-refractivity contribution in [3.8, 4) is 6.07 Å². The van der Waals surface area contributed by atoms with Crippen LogP contribution < -0.4 is 5.73 Å². The second-order valence-electron chi connectivity index (χ2n) is 8.33. The summed E-state index contributed by atoms with van der Waals surface area (Å²) >= 11 is 0. The minimum absolute atomic E-state index is 0.258. The minimum Gasteiger partial charge on any atom is -0.481 e. The summed E-state index contributed by atoms with van der Waals surface area (Å²) in [6.07, 6.45) is 15.7. The Bertz CT molecular complexity index is 922. The van der Waals surface area contributed by atoms with Crippen molar-refractivity contribution in [1.29, 1.82) is 10.7 Å². The molecule has 2 unspecified atom stereocenters. The SMILES string of the molecule is CC1(C)OC(C(C#N)=CN)=C(C=N)C1=C1C=CC(=NC2C3C=CC2CC3)CC1. The van der Waals surface area contributed by atoms with Crippen LogP contribution in [0.15, 0.2) is 63.5 Å². The molecule has 2 atom stereocenters. The molecule has 4 aliphatic rings. The van der Waals surface area contributed by atoms with Crippen LogP contribution in [0.3, 0.4) is 0 Å². The van der Waals surface area contributed by atoms with Gasteiger partial charge in [0.05, 0.1) is 6.04 Å². The molecule has 1 fully saturated rings. The van der Waals surface area contributed by atoms with Gasteiger partial charge in [0.1, 0.15) is 23.0 Å². The fourth-order valence-corrected chi connectivity index (χ4v) is 4.93. The zero-order valence-electron chi connectivity index (χ0n) is 16.4. The van der Waals surface area contributed by atoms with Crippen LogP contribution in [0.25, 0.3) is 0 Å². The number of hydrogen-bond acceptors (Lipinski definition) is 5. The second kappa shape index (κ2) is 6.94. The van der Waals surface area contributed by atoms with Crippen molar-refractivity contribution in [2.75, 3.05) is 0 Å². The third kappa shape index (κ3) is 2.93. The van der Waals surface area contributed by atoms with Crippen LogP contribution in [0.2, 0.25) is 0 Å². The number of aliphatic imine (C=N–C) groups is 1. The van der Waals surface area contributed by atoms with E-state index in [1.165, 1.54) is 25.3 Å². The molecule has 3 N–H and O–H groups in total. The van der Waals surface area contributed by atoms with E-state index in [0.717, 1.165) is 29.7 Å². The molecule has 28 heavy (non-hydrogen) atoms. The van der Waals surface area contributed by atoms with Crippen molar-refractivity contribution in [2.24, 2.45) is 22.6 Å². The van der Waals surface area contributed by atoms with Crippen LogP contribution in [-0.2, 0) is 4.74 Å². The Kier molecular flexibility index (Phi) is 4.58. The Morgan fingerprint density at radius 1 is 1.29 bits per heavy atom. The summed E-state index contributed by atoms with van der Waals surface area (Å²) in [5.74, 6) is 1.64. The molecule has 5 nitrogen and oxygen atoms in total. The van der Waals surface area contributed by atoms with Gasteiger partial charge in [-0.15, -0.1) is 0 Å². The Morgan fingerprint density at radius 3 is 2.50 bits per heavy atom. The molecular weight excluding hydrogens is 348 g/mol. The van der Waals surface area contributed by atoms with E-state index >= 15 is 0 Å². The van der Waals surface area contributed by atoms with E-state index in [4.69, 9.17) is 20.9 Å². The summed E-state index contributed by atoms with van der Waals surface area (Å²) in [5.41, 5.74) is 9.13. The number of nitrogens with zero attached hydrogens (tertiary/aromatic N) is 2. The lowest BCUT2D eigenvalue weighted by Gasteiger charge is -2.25. The minimum atomic E-state index is -0.615. The van der Waals surface area contributed by atoms with Crippen LogP contribution >= 0.6 is 0 Å². The van der Waals surface area contributed by atoms with E-state index < -0.39 is 5.60 Å². The number of hydrogen-bond donors (Lipinski definition) is 2. The van der Waals surface area contributed by atoms with Crippen LogP contribution in [0.4, 0.5) is 0 Å². The highest BCUT2D eigenvalue weighted by atomic mass is 16.5. The molecule has 1 aliphatic heterocycles. The van der Waals surface area contributed by atoms with Gasteiger partial charge in [0.25, 0.3) is 0 Å². The van der Waals surface area contributed by atoms with Gasteiger partial charge in [-0.2, -0.15) is 5.26 Å². The molecule has 1 saturated carbocycles. The largest absolute Gasteiger partial charge is 0.481 e. The van der Waals surface area contributed by atoms with Crippen LogP contribution in [0.1, 0.15) is 39.5 Å². The van der Waals surface area contributed by atoms with E-state index in [1.807, 2.05) is 13.8 Å². The lowest BCUT2D eigenvalue weighted by molar-refractivity contribution is 0.0942. The molecule has 0 aromatic carbocycles.